The Balaban J connectivity index is 1.52. The van der Waals surface area contributed by atoms with Gasteiger partial charge >= 0.3 is 5.97 Å². The molecule has 1 aliphatic heterocycles. The first-order valence-corrected chi connectivity index (χ1v) is 9.27. The van der Waals surface area contributed by atoms with Crippen LogP contribution in [0.4, 0.5) is 5.82 Å². The summed E-state index contributed by atoms with van der Waals surface area (Å²) >= 11 is 0. The van der Waals surface area contributed by atoms with E-state index in [1.165, 1.54) is 0 Å². The van der Waals surface area contributed by atoms with Gasteiger partial charge < -0.3 is 19.3 Å². The van der Waals surface area contributed by atoms with E-state index < -0.39 is 5.97 Å². The van der Waals surface area contributed by atoms with E-state index in [-0.39, 0.29) is 17.4 Å². The summed E-state index contributed by atoms with van der Waals surface area (Å²) in [7, 11) is 0. The molecule has 1 saturated heterocycles. The van der Waals surface area contributed by atoms with Gasteiger partial charge in [-0.3, -0.25) is 4.98 Å². The molecule has 1 aromatic carbocycles. The van der Waals surface area contributed by atoms with E-state index in [2.05, 4.69) is 10.1 Å². The Morgan fingerprint density at radius 3 is 2.79 bits per heavy atom. The van der Waals surface area contributed by atoms with Gasteiger partial charge in [0.2, 0.25) is 0 Å². The summed E-state index contributed by atoms with van der Waals surface area (Å²) in [5.74, 6) is -0.413. The van der Waals surface area contributed by atoms with Crippen molar-refractivity contribution in [3.05, 3.63) is 66.0 Å². The number of nitrogens with zero attached hydrogens (tertiary/aromatic N) is 3. The third-order valence-corrected chi connectivity index (χ3v) is 4.79. The van der Waals surface area contributed by atoms with Gasteiger partial charge in [-0.15, -0.1) is 0 Å². The molecule has 2 aromatic heterocycles. The number of aromatic nitrogens is 2. The summed E-state index contributed by atoms with van der Waals surface area (Å²) in [5, 5.41) is 13.9. The second-order valence-electron chi connectivity index (χ2n) is 6.72. The van der Waals surface area contributed by atoms with Crippen LogP contribution in [-0.2, 0) is 11.3 Å². The molecule has 144 valence electrons. The number of anilines is 1. The van der Waals surface area contributed by atoms with Crippen molar-refractivity contribution in [1.29, 1.82) is 0 Å². The van der Waals surface area contributed by atoms with Gasteiger partial charge in [-0.2, -0.15) is 0 Å². The Kier molecular flexibility index (Phi) is 5.34. The average Bonchev–Trinajstić information content (AvgIpc) is 3.19. The number of ether oxygens (including phenoxy) is 1. The molecule has 0 aliphatic carbocycles. The van der Waals surface area contributed by atoms with E-state index >= 15 is 0 Å². The summed E-state index contributed by atoms with van der Waals surface area (Å²) in [4.78, 5) is 18.2. The third-order valence-electron chi connectivity index (χ3n) is 4.79. The van der Waals surface area contributed by atoms with Gasteiger partial charge in [-0.05, 0) is 25.0 Å². The number of pyridine rings is 1. The van der Waals surface area contributed by atoms with E-state index in [4.69, 9.17) is 9.26 Å². The molecule has 0 spiro atoms. The van der Waals surface area contributed by atoms with Crippen molar-refractivity contribution in [2.45, 2.75) is 25.6 Å². The lowest BCUT2D eigenvalue weighted by atomic mass is 10.1. The molecule has 3 heterocycles. The van der Waals surface area contributed by atoms with Crippen molar-refractivity contribution in [3.63, 3.8) is 0 Å². The molecule has 4 rings (SSSR count). The Morgan fingerprint density at radius 2 is 2.04 bits per heavy atom. The van der Waals surface area contributed by atoms with Crippen LogP contribution < -0.4 is 4.90 Å². The lowest BCUT2D eigenvalue weighted by Gasteiger charge is -2.32. The molecule has 3 aromatic rings. The van der Waals surface area contributed by atoms with Gasteiger partial charge in [0.15, 0.2) is 17.1 Å². The zero-order chi connectivity index (χ0) is 19.3. The van der Waals surface area contributed by atoms with E-state index in [1.54, 1.807) is 6.20 Å². The maximum atomic E-state index is 11.9. The van der Waals surface area contributed by atoms with Crippen LogP contribution in [0.3, 0.4) is 0 Å². The average molecular weight is 379 g/mol. The molecule has 7 nitrogen and oxygen atoms in total. The number of hydrogen-bond donors (Lipinski definition) is 1. The summed E-state index contributed by atoms with van der Waals surface area (Å²) in [6.07, 6.45) is 3.52. The topological polar surface area (TPSA) is 88.7 Å². The van der Waals surface area contributed by atoms with Crippen molar-refractivity contribution in [2.75, 3.05) is 18.0 Å². The highest BCUT2D eigenvalue weighted by atomic mass is 16.5. The summed E-state index contributed by atoms with van der Waals surface area (Å²) in [5.41, 5.74) is 1.66. The second kappa shape index (κ2) is 8.22. The molecule has 0 bridgehead atoms. The highest BCUT2D eigenvalue weighted by Crippen LogP contribution is 2.33. The van der Waals surface area contributed by atoms with Crippen molar-refractivity contribution in [2.24, 2.45) is 0 Å². The molecule has 0 amide bonds. The fourth-order valence-corrected chi connectivity index (χ4v) is 3.43. The molecular weight excluding hydrogens is 358 g/mol. The monoisotopic (exact) mass is 379 g/mol. The Labute approximate surface area is 162 Å². The van der Waals surface area contributed by atoms with Crippen molar-refractivity contribution in [3.8, 4) is 11.3 Å². The Hall–Kier alpha value is -3.19. The van der Waals surface area contributed by atoms with Crippen molar-refractivity contribution in [1.82, 2.24) is 10.1 Å². The molecular formula is C21H21N3O4. The number of piperidine rings is 1. The number of rotatable bonds is 6. The van der Waals surface area contributed by atoms with E-state index in [1.807, 2.05) is 53.4 Å². The first-order valence-electron chi connectivity index (χ1n) is 9.27. The van der Waals surface area contributed by atoms with Crippen LogP contribution in [0, 0.1) is 0 Å². The maximum absolute atomic E-state index is 11.9. The highest BCUT2D eigenvalue weighted by molar-refractivity contribution is 5.99. The van der Waals surface area contributed by atoms with Crippen LogP contribution in [0.5, 0.6) is 0 Å². The van der Waals surface area contributed by atoms with Crippen LogP contribution in [0.25, 0.3) is 11.3 Å². The van der Waals surface area contributed by atoms with E-state index in [0.717, 1.165) is 18.5 Å². The molecule has 1 N–H and O–H groups in total. The van der Waals surface area contributed by atoms with Crippen LogP contribution in [-0.4, -0.2) is 40.4 Å². The second-order valence-corrected chi connectivity index (χ2v) is 6.72. The molecule has 0 radical (unpaired) electrons. The summed E-state index contributed by atoms with van der Waals surface area (Å²) in [6, 6.07) is 14.9. The SMILES string of the molecule is O=C(O)c1c(N2CCCC(OCc3ccccn3)C2)noc1-c1ccccc1. The molecule has 0 saturated carbocycles. The smallest absolute Gasteiger partial charge is 0.343 e. The van der Waals surface area contributed by atoms with Crippen LogP contribution in [0.1, 0.15) is 28.9 Å². The Morgan fingerprint density at radius 1 is 1.21 bits per heavy atom. The predicted octanol–water partition coefficient (Wildman–Crippen LogP) is 3.62. The normalized spacial score (nSPS) is 16.9. The van der Waals surface area contributed by atoms with Gasteiger partial charge in [0.25, 0.3) is 0 Å². The van der Waals surface area contributed by atoms with Crippen molar-refractivity contribution >= 4 is 11.8 Å². The number of aromatic carboxylic acids is 1. The fourth-order valence-electron chi connectivity index (χ4n) is 3.43. The van der Waals surface area contributed by atoms with E-state index in [0.29, 0.717) is 31.1 Å². The maximum Gasteiger partial charge on any atom is 0.343 e. The number of hydrogen-bond acceptors (Lipinski definition) is 6. The number of carboxylic acid groups (broad SMARTS) is 1. The zero-order valence-electron chi connectivity index (χ0n) is 15.3. The van der Waals surface area contributed by atoms with Gasteiger partial charge in [-0.1, -0.05) is 41.6 Å². The zero-order valence-corrected chi connectivity index (χ0v) is 15.3. The van der Waals surface area contributed by atoms with E-state index in [9.17, 15) is 9.90 Å². The number of carbonyl (C=O) groups is 1. The molecule has 1 unspecified atom stereocenters. The first kappa shape index (κ1) is 18.2. The number of benzene rings is 1. The predicted molar refractivity (Wildman–Crippen MR) is 103 cm³/mol. The third kappa shape index (κ3) is 3.89. The molecule has 7 heteroatoms. The van der Waals surface area contributed by atoms with Gasteiger partial charge in [0.1, 0.15) is 0 Å². The summed E-state index contributed by atoms with van der Waals surface area (Å²) in [6.45, 7) is 1.71. The first-order chi connectivity index (χ1) is 13.7. The Bertz CT molecular complexity index is 927. The fraction of sp³-hybridized carbons (Fsp3) is 0.286. The van der Waals surface area contributed by atoms with Gasteiger partial charge in [0, 0.05) is 24.8 Å². The van der Waals surface area contributed by atoms with Gasteiger partial charge in [-0.25, -0.2) is 4.79 Å². The van der Waals surface area contributed by atoms with Crippen LogP contribution in [0.2, 0.25) is 0 Å². The summed E-state index contributed by atoms with van der Waals surface area (Å²) < 4.78 is 11.4. The van der Waals surface area contributed by atoms with Crippen molar-refractivity contribution < 1.29 is 19.2 Å². The quantitative estimate of drug-likeness (QED) is 0.700. The van der Waals surface area contributed by atoms with Crippen LogP contribution >= 0.6 is 0 Å². The molecule has 28 heavy (non-hydrogen) atoms. The minimum absolute atomic E-state index is 0.0192. The molecule has 1 atom stereocenters. The highest BCUT2D eigenvalue weighted by Gasteiger charge is 2.30. The lowest BCUT2D eigenvalue weighted by Crippen LogP contribution is -2.40. The van der Waals surface area contributed by atoms with Gasteiger partial charge in [0.05, 0.1) is 18.4 Å². The minimum atomic E-state index is -1.05. The lowest BCUT2D eigenvalue weighted by molar-refractivity contribution is 0.0295. The number of carboxylic acids is 1. The van der Waals surface area contributed by atoms with Crippen LogP contribution in [0.15, 0.2) is 59.3 Å². The molecule has 1 fully saturated rings. The molecule has 1 aliphatic rings. The minimum Gasteiger partial charge on any atom is -0.477 e. The standard InChI is InChI=1S/C21H21N3O4/c25-21(26)18-19(15-7-2-1-3-8-15)28-23-20(18)24-12-6-10-17(13-24)27-14-16-9-4-5-11-22-16/h1-5,7-9,11,17H,6,10,12-14H2,(H,25,26). The largest absolute Gasteiger partial charge is 0.477 e.